The van der Waals surface area contributed by atoms with Gasteiger partial charge in [-0.1, -0.05) is 18.2 Å². The zero-order chi connectivity index (χ0) is 22.0. The van der Waals surface area contributed by atoms with Crippen LogP contribution in [0.3, 0.4) is 0 Å². The summed E-state index contributed by atoms with van der Waals surface area (Å²) in [5, 5.41) is 3.10. The van der Waals surface area contributed by atoms with E-state index < -0.39 is 17.6 Å². The third-order valence-corrected chi connectivity index (χ3v) is 5.01. The number of methoxy groups -OCH3 is 1. The Bertz CT molecular complexity index is 1170. The zero-order valence-corrected chi connectivity index (χ0v) is 17.1. The van der Waals surface area contributed by atoms with Gasteiger partial charge >= 0.3 is 0 Å². The molecule has 0 unspecified atom stereocenters. The van der Waals surface area contributed by atoms with Crippen molar-refractivity contribution in [1.29, 1.82) is 0 Å². The summed E-state index contributed by atoms with van der Waals surface area (Å²) >= 11 is 0. The number of carbonyl (C=O) groups is 2. The second-order valence-corrected chi connectivity index (χ2v) is 7.14. The minimum absolute atomic E-state index is 0.0982. The van der Waals surface area contributed by atoms with Crippen LogP contribution in [-0.4, -0.2) is 28.8 Å². The maximum absolute atomic E-state index is 13.5. The molecule has 7 heteroatoms. The fourth-order valence-corrected chi connectivity index (χ4v) is 3.44. The Balaban J connectivity index is 1.78. The molecule has 0 spiro atoms. The van der Waals surface area contributed by atoms with E-state index in [-0.39, 0.29) is 17.8 Å². The minimum atomic E-state index is -0.468. The molecule has 4 rings (SSSR count). The molecule has 2 aromatic carbocycles. The zero-order valence-electron chi connectivity index (χ0n) is 17.1. The van der Waals surface area contributed by atoms with E-state index in [1.54, 1.807) is 30.6 Å². The molecule has 0 atom stereocenters. The fourth-order valence-electron chi connectivity index (χ4n) is 3.44. The van der Waals surface area contributed by atoms with E-state index >= 15 is 0 Å². The Morgan fingerprint density at radius 3 is 2.39 bits per heavy atom. The number of aryl methyl sites for hydroxylation is 1. The number of ether oxygens (including phenoxy) is 1. The lowest BCUT2D eigenvalue weighted by Gasteiger charge is -2.16. The molecule has 0 saturated heterocycles. The lowest BCUT2D eigenvalue weighted by Crippen LogP contribution is -2.32. The summed E-state index contributed by atoms with van der Waals surface area (Å²) in [6.07, 6.45) is 3.21. The van der Waals surface area contributed by atoms with Crippen LogP contribution in [0.25, 0.3) is 5.57 Å². The highest BCUT2D eigenvalue weighted by Gasteiger charge is 2.39. The maximum Gasteiger partial charge on any atom is 0.278 e. The molecular weight excluding hydrogens is 397 g/mol. The van der Waals surface area contributed by atoms with Crippen LogP contribution < -0.4 is 10.1 Å². The average Bonchev–Trinajstić information content (AvgIpc) is 3.00. The van der Waals surface area contributed by atoms with Crippen LogP contribution in [0.4, 0.5) is 10.1 Å². The SMILES string of the molecule is COc1ccc(C)cc1NC1=C(c2ccc(F)cc2)C(=O)N(Cc2ccncc2)C1=O. The van der Waals surface area contributed by atoms with Gasteiger partial charge in [-0.3, -0.25) is 19.5 Å². The molecule has 6 nitrogen and oxygen atoms in total. The van der Waals surface area contributed by atoms with E-state index in [2.05, 4.69) is 10.3 Å². The first kappa shape index (κ1) is 20.3. The van der Waals surface area contributed by atoms with Crippen molar-refractivity contribution in [3.8, 4) is 5.75 Å². The smallest absolute Gasteiger partial charge is 0.278 e. The first-order valence-corrected chi connectivity index (χ1v) is 9.65. The van der Waals surface area contributed by atoms with Crippen molar-refractivity contribution in [1.82, 2.24) is 9.88 Å². The van der Waals surface area contributed by atoms with Crippen LogP contribution in [0.15, 0.2) is 72.7 Å². The Labute approximate surface area is 179 Å². The van der Waals surface area contributed by atoms with Crippen LogP contribution in [0.5, 0.6) is 5.75 Å². The Morgan fingerprint density at radius 1 is 1.00 bits per heavy atom. The molecule has 3 aromatic rings. The van der Waals surface area contributed by atoms with Gasteiger partial charge in [0.15, 0.2) is 0 Å². The average molecular weight is 417 g/mol. The number of nitrogens with zero attached hydrogens (tertiary/aromatic N) is 2. The molecular formula is C24H20FN3O3. The third-order valence-electron chi connectivity index (χ3n) is 5.01. The predicted molar refractivity (Wildman–Crippen MR) is 114 cm³/mol. The number of amides is 2. The number of rotatable bonds is 6. The van der Waals surface area contributed by atoms with Gasteiger partial charge in [-0.05, 0) is 60.0 Å². The van der Waals surface area contributed by atoms with Crippen molar-refractivity contribution in [2.45, 2.75) is 13.5 Å². The number of imide groups is 1. The summed E-state index contributed by atoms with van der Waals surface area (Å²) in [4.78, 5) is 31.7. The van der Waals surface area contributed by atoms with Gasteiger partial charge in [-0.15, -0.1) is 0 Å². The van der Waals surface area contributed by atoms with Crippen molar-refractivity contribution in [3.05, 3.63) is 95.2 Å². The molecule has 1 aliphatic heterocycles. The molecule has 2 heterocycles. The Hall–Kier alpha value is -4.00. The summed E-state index contributed by atoms with van der Waals surface area (Å²) in [6.45, 7) is 2.01. The lowest BCUT2D eigenvalue weighted by molar-refractivity contribution is -0.137. The maximum atomic E-state index is 13.5. The van der Waals surface area contributed by atoms with Crippen molar-refractivity contribution in [2.75, 3.05) is 12.4 Å². The van der Waals surface area contributed by atoms with Gasteiger partial charge in [0.2, 0.25) is 0 Å². The van der Waals surface area contributed by atoms with E-state index in [9.17, 15) is 14.0 Å². The number of anilines is 1. The van der Waals surface area contributed by atoms with Gasteiger partial charge < -0.3 is 10.1 Å². The first-order valence-electron chi connectivity index (χ1n) is 9.65. The number of benzene rings is 2. The molecule has 0 bridgehead atoms. The standard InChI is InChI=1S/C24H20FN3O3/c1-15-3-8-20(31-2)19(13-15)27-22-21(17-4-6-18(25)7-5-17)23(29)28(24(22)30)14-16-9-11-26-12-10-16/h3-13,27H,14H2,1-2H3. The van der Waals surface area contributed by atoms with E-state index in [1.165, 1.54) is 36.3 Å². The van der Waals surface area contributed by atoms with Crippen LogP contribution in [0, 0.1) is 12.7 Å². The molecule has 1 aromatic heterocycles. The molecule has 0 aliphatic carbocycles. The van der Waals surface area contributed by atoms with Gasteiger partial charge in [0.05, 0.1) is 24.9 Å². The van der Waals surface area contributed by atoms with Crippen LogP contribution in [0.2, 0.25) is 0 Å². The molecule has 1 aliphatic rings. The van der Waals surface area contributed by atoms with Crippen LogP contribution in [-0.2, 0) is 16.1 Å². The highest BCUT2D eigenvalue weighted by Crippen LogP contribution is 2.34. The lowest BCUT2D eigenvalue weighted by atomic mass is 10.0. The molecule has 0 radical (unpaired) electrons. The van der Waals surface area contributed by atoms with Crippen LogP contribution in [0.1, 0.15) is 16.7 Å². The molecule has 0 saturated carbocycles. The number of hydrogen-bond acceptors (Lipinski definition) is 5. The first-order chi connectivity index (χ1) is 15.0. The number of carbonyl (C=O) groups excluding carboxylic acids is 2. The summed E-state index contributed by atoms with van der Waals surface area (Å²) in [7, 11) is 1.53. The highest BCUT2D eigenvalue weighted by atomic mass is 19.1. The molecule has 0 fully saturated rings. The summed E-state index contributed by atoms with van der Waals surface area (Å²) in [5.41, 5.74) is 3.04. The molecule has 1 N–H and O–H groups in total. The van der Waals surface area contributed by atoms with Gasteiger partial charge in [-0.25, -0.2) is 4.39 Å². The molecule has 156 valence electrons. The largest absolute Gasteiger partial charge is 0.495 e. The van der Waals surface area contributed by atoms with E-state index in [1.807, 2.05) is 19.1 Å². The third kappa shape index (κ3) is 4.02. The Morgan fingerprint density at radius 2 is 1.71 bits per heavy atom. The topological polar surface area (TPSA) is 71.5 Å². The van der Waals surface area contributed by atoms with E-state index in [4.69, 9.17) is 4.74 Å². The number of nitrogens with one attached hydrogen (secondary N) is 1. The molecule has 2 amide bonds. The quantitative estimate of drug-likeness (QED) is 0.616. The van der Waals surface area contributed by atoms with Gasteiger partial charge in [0.25, 0.3) is 11.8 Å². The van der Waals surface area contributed by atoms with Crippen LogP contribution >= 0.6 is 0 Å². The van der Waals surface area contributed by atoms with Crippen molar-refractivity contribution in [3.63, 3.8) is 0 Å². The summed E-state index contributed by atoms with van der Waals surface area (Å²) < 4.78 is 18.9. The Kier molecular flexibility index (Phi) is 5.49. The number of aromatic nitrogens is 1. The number of pyridine rings is 1. The fraction of sp³-hybridized carbons (Fsp3) is 0.125. The second-order valence-electron chi connectivity index (χ2n) is 7.14. The normalized spacial score (nSPS) is 13.7. The van der Waals surface area contributed by atoms with E-state index in [0.717, 1.165) is 11.1 Å². The highest BCUT2D eigenvalue weighted by molar-refractivity contribution is 6.36. The summed E-state index contributed by atoms with van der Waals surface area (Å²) in [5.74, 6) is -0.818. The van der Waals surface area contributed by atoms with Gasteiger partial charge in [0, 0.05) is 12.4 Å². The number of halogens is 1. The van der Waals surface area contributed by atoms with Gasteiger partial charge in [0.1, 0.15) is 17.3 Å². The van der Waals surface area contributed by atoms with Crippen molar-refractivity contribution < 1.29 is 18.7 Å². The summed E-state index contributed by atoms with van der Waals surface area (Å²) in [6, 6.07) is 14.5. The van der Waals surface area contributed by atoms with Gasteiger partial charge in [-0.2, -0.15) is 0 Å². The predicted octanol–water partition coefficient (Wildman–Crippen LogP) is 3.93. The van der Waals surface area contributed by atoms with Crippen molar-refractivity contribution >= 4 is 23.1 Å². The van der Waals surface area contributed by atoms with Crippen molar-refractivity contribution in [2.24, 2.45) is 0 Å². The molecule has 31 heavy (non-hydrogen) atoms. The second kappa shape index (κ2) is 8.39. The minimum Gasteiger partial charge on any atom is -0.495 e. The van der Waals surface area contributed by atoms with E-state index in [0.29, 0.717) is 17.0 Å². The number of hydrogen-bond donors (Lipinski definition) is 1. The monoisotopic (exact) mass is 417 g/mol.